The predicted molar refractivity (Wildman–Crippen MR) is 39.8 cm³/mol. The number of nitrogens with zero attached hydrogens (tertiary/aromatic N) is 2. The van der Waals surface area contributed by atoms with Crippen molar-refractivity contribution in [3.8, 4) is 0 Å². The minimum atomic E-state index is 0. The van der Waals surface area contributed by atoms with Gasteiger partial charge in [-0.05, 0) is 26.9 Å². The van der Waals surface area contributed by atoms with Gasteiger partial charge in [0.05, 0.1) is 0 Å². The number of likely N-dealkylation sites (tertiary alicyclic amines) is 1. The molecule has 0 aromatic rings. The van der Waals surface area contributed by atoms with Crippen LogP contribution in [0.4, 0.5) is 0 Å². The van der Waals surface area contributed by atoms with Crippen LogP contribution in [0.1, 0.15) is 13.3 Å². The zero-order chi connectivity index (χ0) is 6.91. The van der Waals surface area contributed by atoms with Crippen LogP contribution in [0.3, 0.4) is 0 Å². The van der Waals surface area contributed by atoms with Crippen LogP contribution in [-0.2, 0) is 32.7 Å². The third kappa shape index (κ3) is 2.00. The molecule has 1 saturated heterocycles. The van der Waals surface area contributed by atoms with E-state index in [9.17, 15) is 0 Å². The SMILES string of the molecule is C[N-]CC1(C)CCN1C.[Y]. The number of hydrogen-bond acceptors (Lipinski definition) is 1. The minimum absolute atomic E-state index is 0. The molecule has 1 aliphatic heterocycles. The summed E-state index contributed by atoms with van der Waals surface area (Å²) in [4.78, 5) is 2.36. The fraction of sp³-hybridized carbons (Fsp3) is 1.00. The average molecular weight is 216 g/mol. The second kappa shape index (κ2) is 4.15. The first-order valence-corrected chi connectivity index (χ1v) is 3.46. The van der Waals surface area contributed by atoms with E-state index in [1.54, 1.807) is 0 Å². The summed E-state index contributed by atoms with van der Waals surface area (Å²) in [5.41, 5.74) is 0.398. The molecule has 1 unspecified atom stereocenters. The smallest absolute Gasteiger partial charge is 0.000293 e. The van der Waals surface area contributed by atoms with Crippen LogP contribution in [-0.4, -0.2) is 37.6 Å². The van der Waals surface area contributed by atoms with Gasteiger partial charge in [-0.3, -0.25) is 0 Å². The quantitative estimate of drug-likeness (QED) is 0.675. The Labute approximate surface area is 88.6 Å². The van der Waals surface area contributed by atoms with Crippen LogP contribution < -0.4 is 0 Å². The number of likely N-dealkylation sites (N-methyl/N-ethyl adjacent to an activating group) is 2. The van der Waals surface area contributed by atoms with Gasteiger partial charge in [0.15, 0.2) is 0 Å². The molecular formula is C7H15N2Y-. The third-order valence-electron chi connectivity index (χ3n) is 2.41. The molecule has 0 spiro atoms. The van der Waals surface area contributed by atoms with Crippen LogP contribution >= 0.6 is 0 Å². The predicted octanol–water partition coefficient (Wildman–Crippen LogP) is 1.08. The Kier molecular flexibility index (Phi) is 4.58. The van der Waals surface area contributed by atoms with Crippen molar-refractivity contribution in [2.24, 2.45) is 0 Å². The fourth-order valence-corrected chi connectivity index (χ4v) is 1.26. The van der Waals surface area contributed by atoms with Gasteiger partial charge in [-0.15, -0.1) is 6.54 Å². The average Bonchev–Trinajstić information content (AvgIpc) is 1.86. The van der Waals surface area contributed by atoms with Crippen molar-refractivity contribution in [1.82, 2.24) is 4.90 Å². The zero-order valence-corrected chi connectivity index (χ0v) is 9.93. The standard InChI is InChI=1S/C7H15N2.Y/c1-7(6-8-2)4-5-9(7)3;/h4-6H2,1-3H3;/q-1;. The topological polar surface area (TPSA) is 17.3 Å². The number of hydrogen-bond donors (Lipinski definition) is 0. The van der Waals surface area contributed by atoms with Crippen molar-refractivity contribution in [2.45, 2.75) is 18.9 Å². The summed E-state index contributed by atoms with van der Waals surface area (Å²) in [6.07, 6.45) is 1.31. The van der Waals surface area contributed by atoms with Gasteiger partial charge in [0, 0.05) is 38.2 Å². The Balaban J connectivity index is 0.000000810. The molecule has 3 heteroatoms. The second-order valence-electron chi connectivity index (χ2n) is 3.14. The molecule has 1 radical (unpaired) electrons. The summed E-state index contributed by atoms with van der Waals surface area (Å²) in [5, 5.41) is 4.14. The Morgan fingerprint density at radius 1 is 1.60 bits per heavy atom. The van der Waals surface area contributed by atoms with E-state index < -0.39 is 0 Å². The fourth-order valence-electron chi connectivity index (χ4n) is 1.26. The molecule has 57 valence electrons. The van der Waals surface area contributed by atoms with Gasteiger partial charge in [-0.1, -0.05) is 0 Å². The molecule has 0 N–H and O–H groups in total. The first-order chi connectivity index (χ1) is 4.19. The van der Waals surface area contributed by atoms with Gasteiger partial charge in [0.1, 0.15) is 0 Å². The Morgan fingerprint density at radius 3 is 2.30 bits per heavy atom. The minimum Gasteiger partial charge on any atom is -0.664 e. The van der Waals surface area contributed by atoms with Gasteiger partial charge in [0.25, 0.3) is 0 Å². The third-order valence-corrected chi connectivity index (χ3v) is 2.41. The van der Waals surface area contributed by atoms with E-state index in [4.69, 9.17) is 0 Å². The second-order valence-corrected chi connectivity index (χ2v) is 3.14. The molecule has 1 atom stereocenters. The van der Waals surface area contributed by atoms with Crippen LogP contribution in [0.2, 0.25) is 0 Å². The van der Waals surface area contributed by atoms with Crippen molar-refractivity contribution in [1.29, 1.82) is 0 Å². The van der Waals surface area contributed by atoms with Crippen LogP contribution in [0.5, 0.6) is 0 Å². The monoisotopic (exact) mass is 216 g/mol. The van der Waals surface area contributed by atoms with Crippen molar-refractivity contribution in [2.75, 3.05) is 27.2 Å². The summed E-state index contributed by atoms with van der Waals surface area (Å²) in [7, 11) is 4.05. The van der Waals surface area contributed by atoms with Crippen molar-refractivity contribution in [3.63, 3.8) is 0 Å². The van der Waals surface area contributed by atoms with E-state index in [2.05, 4.69) is 24.2 Å². The largest absolute Gasteiger partial charge is 0.664 e. The molecule has 1 heterocycles. The summed E-state index contributed by atoms with van der Waals surface area (Å²) in [6.45, 7) is 4.50. The van der Waals surface area contributed by atoms with Gasteiger partial charge in [-0.2, -0.15) is 7.05 Å². The number of rotatable bonds is 2. The molecular weight excluding hydrogens is 201 g/mol. The van der Waals surface area contributed by atoms with Gasteiger partial charge >= 0.3 is 0 Å². The van der Waals surface area contributed by atoms with E-state index in [0.717, 1.165) is 6.54 Å². The van der Waals surface area contributed by atoms with Crippen molar-refractivity contribution in [3.05, 3.63) is 5.32 Å². The molecule has 0 saturated carbocycles. The molecule has 1 aliphatic rings. The molecule has 0 aromatic carbocycles. The summed E-state index contributed by atoms with van der Waals surface area (Å²) >= 11 is 0. The van der Waals surface area contributed by atoms with Gasteiger partial charge in [0.2, 0.25) is 0 Å². The Hall–Kier alpha value is 1.02. The van der Waals surface area contributed by atoms with Crippen molar-refractivity contribution < 1.29 is 32.7 Å². The first kappa shape index (κ1) is 11.0. The molecule has 1 rings (SSSR count). The molecule has 0 bridgehead atoms. The molecule has 0 aliphatic carbocycles. The van der Waals surface area contributed by atoms with E-state index in [0.29, 0.717) is 5.54 Å². The van der Waals surface area contributed by atoms with E-state index in [1.807, 2.05) is 7.05 Å². The maximum absolute atomic E-state index is 4.14. The van der Waals surface area contributed by atoms with Crippen LogP contribution in [0, 0.1) is 0 Å². The van der Waals surface area contributed by atoms with Gasteiger partial charge in [-0.25, -0.2) is 0 Å². The molecule has 0 aromatic heterocycles. The van der Waals surface area contributed by atoms with Crippen LogP contribution in [0.15, 0.2) is 0 Å². The van der Waals surface area contributed by atoms with Crippen LogP contribution in [0.25, 0.3) is 5.32 Å². The van der Waals surface area contributed by atoms with Crippen molar-refractivity contribution >= 4 is 0 Å². The molecule has 10 heavy (non-hydrogen) atoms. The normalized spacial score (nSPS) is 32.7. The summed E-state index contributed by atoms with van der Waals surface area (Å²) in [5.74, 6) is 0. The molecule has 2 nitrogen and oxygen atoms in total. The molecule has 0 amide bonds. The van der Waals surface area contributed by atoms with E-state index in [-0.39, 0.29) is 32.7 Å². The zero-order valence-electron chi connectivity index (χ0n) is 7.09. The Bertz CT molecular complexity index is 108. The van der Waals surface area contributed by atoms with E-state index >= 15 is 0 Å². The van der Waals surface area contributed by atoms with Gasteiger partial charge < -0.3 is 10.2 Å². The van der Waals surface area contributed by atoms with E-state index in [1.165, 1.54) is 13.0 Å². The maximum atomic E-state index is 4.14. The Morgan fingerprint density at radius 2 is 2.20 bits per heavy atom. The maximum Gasteiger partial charge on any atom is 0.000293 e. The first-order valence-electron chi connectivity index (χ1n) is 3.46. The summed E-state index contributed by atoms with van der Waals surface area (Å²) < 4.78 is 0. The molecule has 1 fully saturated rings. The summed E-state index contributed by atoms with van der Waals surface area (Å²) in [6, 6.07) is 0.